The minimum Gasteiger partial charge on any atom is -0.462 e. The number of aliphatic hydroxyl groups excluding tert-OH is 1. The molecule has 0 aliphatic carbocycles. The first-order valence-corrected chi connectivity index (χ1v) is 12.3. The molecule has 3 aromatic rings. The second kappa shape index (κ2) is 11.0. The number of imidazole rings is 1. The van der Waals surface area contributed by atoms with E-state index in [-0.39, 0.29) is 30.1 Å². The Morgan fingerprint density at radius 2 is 1.86 bits per heavy atom. The molecule has 1 saturated heterocycles. The number of halogens is 1. The van der Waals surface area contributed by atoms with E-state index in [0.717, 1.165) is 11.3 Å². The van der Waals surface area contributed by atoms with Gasteiger partial charge in [-0.25, -0.2) is 9.37 Å². The van der Waals surface area contributed by atoms with Crippen LogP contribution in [-0.2, 0) is 16.1 Å². The van der Waals surface area contributed by atoms with Crippen LogP contribution in [0, 0.1) is 5.82 Å². The number of amides is 1. The first-order valence-electron chi connectivity index (χ1n) is 12.3. The lowest BCUT2D eigenvalue weighted by atomic mass is 10.0. The predicted molar refractivity (Wildman–Crippen MR) is 134 cm³/mol. The molecule has 2 N–H and O–H groups in total. The highest BCUT2D eigenvalue weighted by Crippen LogP contribution is 2.30. The Kier molecular flexibility index (Phi) is 7.84. The van der Waals surface area contributed by atoms with Crippen molar-refractivity contribution in [3.05, 3.63) is 77.4 Å². The zero-order valence-electron chi connectivity index (χ0n) is 20.8. The Hall–Kier alpha value is -3.52. The highest BCUT2D eigenvalue weighted by Gasteiger charge is 2.30. The minimum absolute atomic E-state index is 0.00354. The highest BCUT2D eigenvalue weighted by atomic mass is 19.1. The van der Waals surface area contributed by atoms with E-state index in [1.165, 1.54) is 12.1 Å². The van der Waals surface area contributed by atoms with Gasteiger partial charge in [0.05, 0.1) is 24.3 Å². The number of nitrogens with one attached hydrogen (secondary N) is 1. The van der Waals surface area contributed by atoms with Gasteiger partial charge in [-0.3, -0.25) is 9.59 Å². The average Bonchev–Trinajstić information content (AvgIpc) is 3.23. The van der Waals surface area contributed by atoms with Crippen molar-refractivity contribution in [2.75, 3.05) is 0 Å². The zero-order valence-corrected chi connectivity index (χ0v) is 20.8. The van der Waals surface area contributed by atoms with Crippen molar-refractivity contribution in [2.45, 2.75) is 70.7 Å². The summed E-state index contributed by atoms with van der Waals surface area (Å²) in [5.74, 6) is -0.574. The standard InChI is InChI=1S/C28H32FN3O4/c1-17(2)26-25(28(35)30-18(3)19-7-5-4-6-8-19)31-27(20-9-11-21(29)12-10-20)32(26)14-13-23-15-22(33)16-24(34)36-23/h4-12,17-18,22-23,33H,13-16H2,1-3H3,(H,30,35)/t18-,22-,23-/m1/s1. The van der Waals surface area contributed by atoms with Crippen LogP contribution >= 0.6 is 0 Å². The molecule has 0 unspecified atom stereocenters. The fraction of sp³-hybridized carbons (Fsp3) is 0.393. The smallest absolute Gasteiger partial charge is 0.308 e. The maximum absolute atomic E-state index is 13.6. The topological polar surface area (TPSA) is 93.5 Å². The monoisotopic (exact) mass is 493 g/mol. The van der Waals surface area contributed by atoms with E-state index >= 15 is 0 Å². The molecular weight excluding hydrogens is 461 g/mol. The number of aromatic nitrogens is 2. The van der Waals surface area contributed by atoms with Crippen molar-refractivity contribution in [1.29, 1.82) is 0 Å². The van der Waals surface area contributed by atoms with E-state index < -0.39 is 18.2 Å². The van der Waals surface area contributed by atoms with Crippen LogP contribution in [-0.4, -0.2) is 38.7 Å². The average molecular weight is 494 g/mol. The van der Waals surface area contributed by atoms with E-state index in [9.17, 15) is 19.1 Å². The molecule has 2 heterocycles. The number of benzene rings is 2. The molecule has 7 nitrogen and oxygen atoms in total. The Labute approximate surface area is 210 Å². The third-order valence-corrected chi connectivity index (χ3v) is 6.43. The van der Waals surface area contributed by atoms with Crippen LogP contribution in [0.15, 0.2) is 54.6 Å². The summed E-state index contributed by atoms with van der Waals surface area (Å²) < 4.78 is 21.0. The summed E-state index contributed by atoms with van der Waals surface area (Å²) in [6, 6.07) is 15.5. The number of hydrogen-bond acceptors (Lipinski definition) is 5. The van der Waals surface area contributed by atoms with E-state index in [1.54, 1.807) is 12.1 Å². The van der Waals surface area contributed by atoms with E-state index in [2.05, 4.69) is 5.32 Å². The Morgan fingerprint density at radius 1 is 1.17 bits per heavy atom. The second-order valence-electron chi connectivity index (χ2n) is 9.58. The second-order valence-corrected chi connectivity index (χ2v) is 9.58. The van der Waals surface area contributed by atoms with Crippen LogP contribution in [0.2, 0.25) is 0 Å². The van der Waals surface area contributed by atoms with Gasteiger partial charge in [-0.2, -0.15) is 0 Å². The molecule has 1 amide bonds. The molecule has 36 heavy (non-hydrogen) atoms. The molecule has 0 radical (unpaired) electrons. The van der Waals surface area contributed by atoms with Gasteiger partial charge < -0.3 is 19.7 Å². The quantitative estimate of drug-likeness (QED) is 0.442. The number of ether oxygens (including phenoxy) is 1. The van der Waals surface area contributed by atoms with Gasteiger partial charge in [-0.05, 0) is 42.7 Å². The number of rotatable bonds is 8. The molecule has 3 atom stereocenters. The van der Waals surface area contributed by atoms with Gasteiger partial charge in [0.15, 0.2) is 0 Å². The summed E-state index contributed by atoms with van der Waals surface area (Å²) in [5.41, 5.74) is 2.71. The van der Waals surface area contributed by atoms with E-state index in [4.69, 9.17) is 9.72 Å². The fourth-order valence-corrected chi connectivity index (χ4v) is 4.66. The lowest BCUT2D eigenvalue weighted by molar-refractivity contribution is -0.160. The minimum atomic E-state index is -0.721. The van der Waals surface area contributed by atoms with Gasteiger partial charge in [0.1, 0.15) is 23.4 Å². The van der Waals surface area contributed by atoms with Crippen molar-refractivity contribution in [2.24, 2.45) is 0 Å². The van der Waals surface area contributed by atoms with Gasteiger partial charge in [0.25, 0.3) is 5.91 Å². The van der Waals surface area contributed by atoms with Gasteiger partial charge >= 0.3 is 5.97 Å². The number of carbonyl (C=O) groups is 2. The Bertz CT molecular complexity index is 1210. The van der Waals surface area contributed by atoms with Crippen LogP contribution in [0.3, 0.4) is 0 Å². The number of nitrogens with zero attached hydrogens (tertiary/aromatic N) is 2. The fourth-order valence-electron chi connectivity index (χ4n) is 4.66. The van der Waals surface area contributed by atoms with Crippen LogP contribution in [0.5, 0.6) is 0 Å². The van der Waals surface area contributed by atoms with Crippen LogP contribution in [0.1, 0.15) is 73.7 Å². The molecule has 1 aliphatic rings. The van der Waals surface area contributed by atoms with Gasteiger partial charge in [0.2, 0.25) is 0 Å². The predicted octanol–water partition coefficient (Wildman–Crippen LogP) is 4.76. The Morgan fingerprint density at radius 3 is 2.50 bits per heavy atom. The van der Waals surface area contributed by atoms with Crippen LogP contribution < -0.4 is 5.32 Å². The van der Waals surface area contributed by atoms with Gasteiger partial charge in [0, 0.05) is 24.9 Å². The first-order chi connectivity index (χ1) is 17.2. The molecule has 2 aromatic carbocycles. The number of cyclic esters (lactones) is 1. The van der Waals surface area contributed by atoms with Crippen molar-refractivity contribution in [1.82, 2.24) is 14.9 Å². The molecule has 1 aromatic heterocycles. The van der Waals surface area contributed by atoms with Crippen molar-refractivity contribution in [3.8, 4) is 11.4 Å². The number of hydrogen-bond donors (Lipinski definition) is 2. The maximum Gasteiger partial charge on any atom is 0.308 e. The molecular formula is C28H32FN3O4. The van der Waals surface area contributed by atoms with Crippen molar-refractivity contribution >= 4 is 11.9 Å². The van der Waals surface area contributed by atoms with Gasteiger partial charge in [-0.1, -0.05) is 44.2 Å². The third-order valence-electron chi connectivity index (χ3n) is 6.43. The zero-order chi connectivity index (χ0) is 25.8. The molecule has 4 rings (SSSR count). The first kappa shape index (κ1) is 25.6. The summed E-state index contributed by atoms with van der Waals surface area (Å²) in [6.07, 6.45) is -0.329. The maximum atomic E-state index is 13.6. The summed E-state index contributed by atoms with van der Waals surface area (Å²) >= 11 is 0. The number of carbonyl (C=O) groups excluding carboxylic acids is 2. The third kappa shape index (κ3) is 5.82. The lowest BCUT2D eigenvalue weighted by Crippen LogP contribution is -2.33. The summed E-state index contributed by atoms with van der Waals surface area (Å²) in [5, 5.41) is 13.0. The van der Waals surface area contributed by atoms with Crippen molar-refractivity contribution < 1.29 is 23.8 Å². The molecule has 1 fully saturated rings. The molecule has 0 saturated carbocycles. The summed E-state index contributed by atoms with van der Waals surface area (Å²) in [7, 11) is 0. The molecule has 1 aliphatic heterocycles. The van der Waals surface area contributed by atoms with Crippen LogP contribution in [0.25, 0.3) is 11.4 Å². The molecule has 190 valence electrons. The van der Waals surface area contributed by atoms with E-state index in [0.29, 0.717) is 36.5 Å². The Balaban J connectivity index is 1.68. The normalized spacial score (nSPS) is 18.7. The number of aliphatic hydroxyl groups is 1. The molecule has 0 spiro atoms. The largest absolute Gasteiger partial charge is 0.462 e. The summed E-state index contributed by atoms with van der Waals surface area (Å²) in [6.45, 7) is 6.32. The number of esters is 1. The van der Waals surface area contributed by atoms with Gasteiger partial charge in [-0.15, -0.1) is 0 Å². The molecule has 0 bridgehead atoms. The van der Waals surface area contributed by atoms with Crippen molar-refractivity contribution in [3.63, 3.8) is 0 Å². The summed E-state index contributed by atoms with van der Waals surface area (Å²) in [4.78, 5) is 30.0. The SMILES string of the molecule is CC(C)c1c(C(=O)N[C@H](C)c2ccccc2)nc(-c2ccc(F)cc2)n1CC[C@@H]1C[C@@H](O)CC(=O)O1. The van der Waals surface area contributed by atoms with Crippen LogP contribution in [0.4, 0.5) is 4.39 Å². The van der Waals surface area contributed by atoms with E-state index in [1.807, 2.05) is 55.7 Å². The molecule has 8 heteroatoms. The lowest BCUT2D eigenvalue weighted by Gasteiger charge is -2.26. The highest BCUT2D eigenvalue weighted by molar-refractivity contribution is 5.94.